The fourth-order valence-electron chi connectivity index (χ4n) is 0.924. The summed E-state index contributed by atoms with van der Waals surface area (Å²) in [5.41, 5.74) is 0.184. The van der Waals surface area contributed by atoms with Gasteiger partial charge in [-0.3, -0.25) is 0 Å². The zero-order valence-electron chi connectivity index (χ0n) is 6.96. The van der Waals surface area contributed by atoms with Gasteiger partial charge in [-0.15, -0.1) is 0 Å². The zero-order valence-corrected chi connectivity index (χ0v) is 6.96. The Balaban J connectivity index is 3.30. The standard InChI is InChI=1S/C10H4F2N2/c11-9-4-7(2-1-3-13)8(6-14)5-10(9)12/h1-2,4-5H. The zero-order chi connectivity index (χ0) is 10.6. The van der Waals surface area contributed by atoms with Gasteiger partial charge in [-0.2, -0.15) is 10.5 Å². The molecule has 0 N–H and O–H groups in total. The summed E-state index contributed by atoms with van der Waals surface area (Å²) in [6, 6.07) is 5.08. The van der Waals surface area contributed by atoms with Crippen LogP contribution in [0.1, 0.15) is 11.1 Å². The van der Waals surface area contributed by atoms with Crippen molar-refractivity contribution in [1.82, 2.24) is 0 Å². The van der Waals surface area contributed by atoms with Gasteiger partial charge < -0.3 is 0 Å². The highest BCUT2D eigenvalue weighted by Crippen LogP contribution is 2.15. The maximum absolute atomic E-state index is 12.7. The Labute approximate surface area is 79.3 Å². The van der Waals surface area contributed by atoms with Gasteiger partial charge in [0.05, 0.1) is 17.7 Å². The molecule has 14 heavy (non-hydrogen) atoms. The van der Waals surface area contributed by atoms with E-state index in [4.69, 9.17) is 10.5 Å². The summed E-state index contributed by atoms with van der Waals surface area (Å²) in [5, 5.41) is 16.8. The normalized spacial score (nSPS) is 9.71. The van der Waals surface area contributed by atoms with Crippen LogP contribution in [0.25, 0.3) is 6.08 Å². The summed E-state index contributed by atoms with van der Waals surface area (Å²) in [4.78, 5) is 0. The van der Waals surface area contributed by atoms with E-state index in [9.17, 15) is 8.78 Å². The largest absolute Gasteiger partial charge is 0.204 e. The van der Waals surface area contributed by atoms with Gasteiger partial charge in [0.1, 0.15) is 0 Å². The topological polar surface area (TPSA) is 47.6 Å². The Hall–Kier alpha value is -2.20. The van der Waals surface area contributed by atoms with Crippen LogP contribution in [-0.2, 0) is 0 Å². The van der Waals surface area contributed by atoms with Crippen LogP contribution in [0.4, 0.5) is 8.78 Å². The van der Waals surface area contributed by atoms with Gasteiger partial charge in [-0.1, -0.05) is 0 Å². The third-order valence-corrected chi connectivity index (χ3v) is 1.55. The molecule has 0 amide bonds. The van der Waals surface area contributed by atoms with E-state index in [0.717, 1.165) is 18.2 Å². The molecule has 68 valence electrons. The first-order valence-electron chi connectivity index (χ1n) is 3.64. The van der Waals surface area contributed by atoms with Crippen LogP contribution in [0.5, 0.6) is 0 Å². The molecule has 0 aliphatic rings. The molecule has 0 saturated heterocycles. The second-order valence-electron chi connectivity index (χ2n) is 2.43. The maximum atomic E-state index is 12.7. The molecule has 1 rings (SSSR count). The van der Waals surface area contributed by atoms with Crippen molar-refractivity contribution in [3.8, 4) is 12.1 Å². The Bertz CT molecular complexity index is 464. The molecule has 0 aliphatic heterocycles. The number of allylic oxidation sites excluding steroid dienone is 1. The van der Waals surface area contributed by atoms with Crippen molar-refractivity contribution >= 4 is 6.08 Å². The lowest BCUT2D eigenvalue weighted by Crippen LogP contribution is -1.89. The average Bonchev–Trinajstić information content (AvgIpc) is 2.19. The van der Waals surface area contributed by atoms with Crippen LogP contribution in [0, 0.1) is 34.3 Å². The molecule has 4 heteroatoms. The Morgan fingerprint density at radius 3 is 2.36 bits per heavy atom. The molecule has 0 atom stereocenters. The molecule has 1 aromatic rings. The number of hydrogen-bond acceptors (Lipinski definition) is 2. The van der Waals surface area contributed by atoms with E-state index >= 15 is 0 Å². The summed E-state index contributed by atoms with van der Waals surface area (Å²) < 4.78 is 25.4. The van der Waals surface area contributed by atoms with Crippen LogP contribution in [0.3, 0.4) is 0 Å². The second-order valence-corrected chi connectivity index (χ2v) is 2.43. The lowest BCUT2D eigenvalue weighted by molar-refractivity contribution is 0.508. The van der Waals surface area contributed by atoms with Crippen molar-refractivity contribution in [3.63, 3.8) is 0 Å². The van der Waals surface area contributed by atoms with Crippen LogP contribution >= 0.6 is 0 Å². The molecular formula is C10H4F2N2. The van der Waals surface area contributed by atoms with Gasteiger partial charge in [0.25, 0.3) is 0 Å². The van der Waals surface area contributed by atoms with Crippen LogP contribution in [0.15, 0.2) is 18.2 Å². The average molecular weight is 190 g/mol. The SMILES string of the molecule is N#CC=Cc1cc(F)c(F)cc1C#N. The highest BCUT2D eigenvalue weighted by atomic mass is 19.2. The second kappa shape index (κ2) is 4.15. The van der Waals surface area contributed by atoms with Crippen molar-refractivity contribution in [1.29, 1.82) is 10.5 Å². The van der Waals surface area contributed by atoms with Gasteiger partial charge >= 0.3 is 0 Å². The number of benzene rings is 1. The third-order valence-electron chi connectivity index (χ3n) is 1.55. The molecule has 0 bridgehead atoms. The maximum Gasteiger partial charge on any atom is 0.160 e. The van der Waals surface area contributed by atoms with Gasteiger partial charge in [-0.25, -0.2) is 8.78 Å². The predicted octanol–water partition coefficient (Wildman–Crippen LogP) is 2.37. The lowest BCUT2D eigenvalue weighted by atomic mass is 10.1. The number of halogens is 2. The van der Waals surface area contributed by atoms with Crippen LogP contribution in [0.2, 0.25) is 0 Å². The van der Waals surface area contributed by atoms with Crippen LogP contribution in [-0.4, -0.2) is 0 Å². The van der Waals surface area contributed by atoms with Crippen molar-refractivity contribution < 1.29 is 8.78 Å². The van der Waals surface area contributed by atoms with E-state index in [1.54, 1.807) is 12.1 Å². The molecule has 0 aliphatic carbocycles. The predicted molar refractivity (Wildman–Crippen MR) is 45.7 cm³/mol. The first kappa shape index (κ1) is 9.88. The molecule has 0 unspecified atom stereocenters. The van der Waals surface area contributed by atoms with E-state index in [1.807, 2.05) is 0 Å². The third kappa shape index (κ3) is 1.94. The van der Waals surface area contributed by atoms with Gasteiger partial charge in [0, 0.05) is 6.08 Å². The smallest absolute Gasteiger partial charge is 0.160 e. The van der Waals surface area contributed by atoms with E-state index in [-0.39, 0.29) is 11.1 Å². The fourth-order valence-corrected chi connectivity index (χ4v) is 0.924. The minimum Gasteiger partial charge on any atom is -0.204 e. The fraction of sp³-hybridized carbons (Fsp3) is 0. The van der Waals surface area contributed by atoms with Crippen LogP contribution < -0.4 is 0 Å². The minimum atomic E-state index is -1.07. The van der Waals surface area contributed by atoms with Crippen molar-refractivity contribution in [2.75, 3.05) is 0 Å². The molecular weight excluding hydrogens is 186 g/mol. The lowest BCUT2D eigenvalue weighted by Gasteiger charge is -1.98. The van der Waals surface area contributed by atoms with E-state index in [0.29, 0.717) is 0 Å². The molecule has 0 radical (unpaired) electrons. The highest BCUT2D eigenvalue weighted by Gasteiger charge is 2.06. The molecule has 0 spiro atoms. The van der Waals surface area contributed by atoms with Gasteiger partial charge in [-0.05, 0) is 23.8 Å². The summed E-state index contributed by atoms with van der Waals surface area (Å²) >= 11 is 0. The quantitative estimate of drug-likeness (QED) is 0.638. The number of rotatable bonds is 1. The molecule has 0 aromatic heterocycles. The molecule has 0 saturated carbocycles. The molecule has 0 fully saturated rings. The number of nitrogens with zero attached hydrogens (tertiary/aromatic N) is 2. The molecule has 1 aromatic carbocycles. The Morgan fingerprint density at radius 1 is 1.14 bits per heavy atom. The summed E-state index contributed by atoms with van der Waals surface area (Å²) in [5.74, 6) is -2.11. The minimum absolute atomic E-state index is 0.00426. The first-order valence-corrected chi connectivity index (χ1v) is 3.64. The van der Waals surface area contributed by atoms with Crippen molar-refractivity contribution in [2.45, 2.75) is 0 Å². The highest BCUT2D eigenvalue weighted by molar-refractivity contribution is 5.59. The first-order chi connectivity index (χ1) is 6.69. The molecule has 0 heterocycles. The van der Waals surface area contributed by atoms with E-state index < -0.39 is 11.6 Å². The number of nitriles is 2. The molecule has 2 nitrogen and oxygen atoms in total. The summed E-state index contributed by atoms with van der Waals surface area (Å²) in [7, 11) is 0. The monoisotopic (exact) mass is 190 g/mol. The van der Waals surface area contributed by atoms with Crippen molar-refractivity contribution in [3.05, 3.63) is 41.0 Å². The summed E-state index contributed by atoms with van der Waals surface area (Å²) in [6.45, 7) is 0. The Morgan fingerprint density at radius 2 is 1.79 bits per heavy atom. The summed E-state index contributed by atoms with van der Waals surface area (Å²) in [6.07, 6.45) is 2.34. The van der Waals surface area contributed by atoms with E-state index in [2.05, 4.69) is 0 Å². The number of hydrogen-bond donors (Lipinski definition) is 0. The Kier molecular flexibility index (Phi) is 2.93. The van der Waals surface area contributed by atoms with Crippen molar-refractivity contribution in [2.24, 2.45) is 0 Å². The van der Waals surface area contributed by atoms with E-state index in [1.165, 1.54) is 6.08 Å². The van der Waals surface area contributed by atoms with Gasteiger partial charge in [0.15, 0.2) is 11.6 Å². The van der Waals surface area contributed by atoms with Gasteiger partial charge in [0.2, 0.25) is 0 Å².